The van der Waals surface area contributed by atoms with E-state index in [9.17, 15) is 29.4 Å². The van der Waals surface area contributed by atoms with Crippen LogP contribution in [0.3, 0.4) is 0 Å². The molecule has 0 bridgehead atoms. The summed E-state index contributed by atoms with van der Waals surface area (Å²) in [6.07, 6.45) is 2.09. The van der Waals surface area contributed by atoms with Crippen molar-refractivity contribution in [2.75, 3.05) is 0 Å². The topological polar surface area (TPSA) is 187 Å². The molecule has 5 aromatic rings. The number of aromatic hydroxyl groups is 1. The van der Waals surface area contributed by atoms with Gasteiger partial charge in [-0.05, 0) is 46.9 Å². The molecule has 11 nitrogen and oxygen atoms in total. The number of carbonyl (C=O) groups is 4. The Morgan fingerprint density at radius 1 is 0.592 bits per heavy atom. The van der Waals surface area contributed by atoms with Crippen molar-refractivity contribution in [3.05, 3.63) is 138 Å². The molecule has 0 saturated carbocycles. The molecule has 0 aliphatic carbocycles. The number of amides is 3. The van der Waals surface area contributed by atoms with Crippen LogP contribution < -0.4 is 21.7 Å². The fraction of sp³-hybridized carbons (Fsp3) is 0.211. The molecule has 252 valence electrons. The lowest BCUT2D eigenvalue weighted by Gasteiger charge is -2.25. The molecule has 1 heterocycles. The van der Waals surface area contributed by atoms with Gasteiger partial charge in [0, 0.05) is 36.4 Å². The first-order valence-corrected chi connectivity index (χ1v) is 16.0. The summed E-state index contributed by atoms with van der Waals surface area (Å²) in [6.45, 7) is 0. The number of H-pyrrole nitrogens is 1. The molecule has 3 amide bonds. The zero-order valence-corrected chi connectivity index (χ0v) is 26.7. The molecule has 8 N–H and O–H groups in total. The van der Waals surface area contributed by atoms with Gasteiger partial charge in [-0.2, -0.15) is 0 Å². The lowest BCUT2D eigenvalue weighted by molar-refractivity contribution is -0.142. The van der Waals surface area contributed by atoms with E-state index < -0.39 is 47.9 Å². The summed E-state index contributed by atoms with van der Waals surface area (Å²) >= 11 is 0. The van der Waals surface area contributed by atoms with Crippen molar-refractivity contribution in [2.24, 2.45) is 5.73 Å². The van der Waals surface area contributed by atoms with Gasteiger partial charge in [-0.1, -0.05) is 91.0 Å². The van der Waals surface area contributed by atoms with Crippen LogP contribution >= 0.6 is 0 Å². The number of nitrogens with two attached hydrogens (primary N) is 1. The molecule has 0 fully saturated rings. The highest BCUT2D eigenvalue weighted by molar-refractivity contribution is 5.95. The van der Waals surface area contributed by atoms with Gasteiger partial charge in [-0.25, -0.2) is 4.79 Å². The lowest BCUT2D eigenvalue weighted by Crippen LogP contribution is -2.58. The Morgan fingerprint density at radius 3 is 1.71 bits per heavy atom. The maximum Gasteiger partial charge on any atom is 0.326 e. The lowest BCUT2D eigenvalue weighted by atomic mass is 10.00. The molecule has 0 radical (unpaired) electrons. The highest BCUT2D eigenvalue weighted by atomic mass is 16.4. The van der Waals surface area contributed by atoms with Crippen molar-refractivity contribution in [3.8, 4) is 5.75 Å². The zero-order chi connectivity index (χ0) is 34.8. The number of rotatable bonds is 15. The van der Waals surface area contributed by atoms with E-state index in [-0.39, 0.29) is 31.4 Å². The van der Waals surface area contributed by atoms with E-state index in [2.05, 4.69) is 20.9 Å². The number of para-hydroxylation sites is 1. The minimum absolute atomic E-state index is 0.0308. The summed E-state index contributed by atoms with van der Waals surface area (Å²) in [4.78, 5) is 56.6. The summed E-state index contributed by atoms with van der Waals surface area (Å²) in [7, 11) is 0. The van der Waals surface area contributed by atoms with E-state index in [1.807, 2.05) is 60.7 Å². The Bertz CT molecular complexity index is 1880. The van der Waals surface area contributed by atoms with Gasteiger partial charge in [0.2, 0.25) is 17.7 Å². The molecule has 4 unspecified atom stereocenters. The number of aromatic amines is 1. The minimum atomic E-state index is -1.26. The second-order valence-corrected chi connectivity index (χ2v) is 11.9. The standard InChI is InChI=1S/C38H39N5O6/c39-30(19-24-9-3-1-4-10-24)35(45)41-32(20-26-15-17-28(44)18-16-26)36(46)42-33(22-27-23-40-31-14-8-7-13-29(27)31)37(47)43-34(38(48)49)21-25-11-5-2-6-12-25/h1-18,23,30,32-34,40,44H,19-22,39H2,(H,41,45)(H,42,46)(H,43,47)(H,48,49). The molecule has 5 rings (SSSR count). The van der Waals surface area contributed by atoms with E-state index in [0.29, 0.717) is 5.56 Å². The Labute approximate surface area is 283 Å². The van der Waals surface area contributed by atoms with Gasteiger partial charge in [0.05, 0.1) is 6.04 Å². The van der Waals surface area contributed by atoms with Crippen molar-refractivity contribution < 1.29 is 29.4 Å². The molecule has 11 heteroatoms. The Kier molecular flexibility index (Phi) is 11.4. The highest BCUT2D eigenvalue weighted by Gasteiger charge is 2.31. The largest absolute Gasteiger partial charge is 0.508 e. The number of carboxylic acid groups (broad SMARTS) is 1. The quantitative estimate of drug-likeness (QED) is 0.0899. The van der Waals surface area contributed by atoms with Gasteiger partial charge in [-0.3, -0.25) is 14.4 Å². The van der Waals surface area contributed by atoms with Gasteiger partial charge < -0.3 is 36.9 Å². The van der Waals surface area contributed by atoms with Crippen LogP contribution in [-0.2, 0) is 44.9 Å². The molecule has 0 aliphatic rings. The molecule has 4 atom stereocenters. The zero-order valence-electron chi connectivity index (χ0n) is 26.7. The van der Waals surface area contributed by atoms with Crippen molar-refractivity contribution in [1.29, 1.82) is 0 Å². The number of aliphatic carboxylic acids is 1. The van der Waals surface area contributed by atoms with Gasteiger partial charge >= 0.3 is 5.97 Å². The number of aromatic nitrogens is 1. The molecular formula is C38H39N5O6. The van der Waals surface area contributed by atoms with Gasteiger partial charge in [0.1, 0.15) is 23.9 Å². The first kappa shape index (κ1) is 34.4. The molecule has 4 aromatic carbocycles. The summed E-state index contributed by atoms with van der Waals surface area (Å²) in [5, 5.41) is 28.8. The summed E-state index contributed by atoms with van der Waals surface area (Å²) in [5.74, 6) is -3.10. The Morgan fingerprint density at radius 2 is 1.08 bits per heavy atom. The van der Waals surface area contributed by atoms with Crippen LogP contribution in [0.2, 0.25) is 0 Å². The number of hydrogen-bond donors (Lipinski definition) is 7. The number of phenolic OH excluding ortho intramolecular Hbond substituents is 1. The Balaban J connectivity index is 1.40. The Hall–Kier alpha value is -5.94. The number of phenols is 1. The van der Waals surface area contributed by atoms with Crippen LogP contribution in [0.25, 0.3) is 10.9 Å². The monoisotopic (exact) mass is 661 g/mol. The molecule has 0 spiro atoms. The second-order valence-electron chi connectivity index (χ2n) is 11.9. The van der Waals surface area contributed by atoms with Gasteiger partial charge in [-0.15, -0.1) is 0 Å². The number of carbonyl (C=O) groups excluding carboxylic acids is 3. The smallest absolute Gasteiger partial charge is 0.326 e. The first-order valence-electron chi connectivity index (χ1n) is 16.0. The number of nitrogens with one attached hydrogen (secondary N) is 4. The third-order valence-corrected chi connectivity index (χ3v) is 8.27. The molecule has 49 heavy (non-hydrogen) atoms. The van der Waals surface area contributed by atoms with Gasteiger partial charge in [0.15, 0.2) is 0 Å². The highest BCUT2D eigenvalue weighted by Crippen LogP contribution is 2.20. The normalized spacial score (nSPS) is 13.5. The number of fused-ring (bicyclic) bond motifs is 1. The summed E-state index contributed by atoms with van der Waals surface area (Å²) in [5.41, 5.74) is 10.0. The maximum atomic E-state index is 14.0. The molecule has 0 aliphatic heterocycles. The molecule has 0 saturated heterocycles. The summed E-state index contributed by atoms with van der Waals surface area (Å²) in [6, 6.07) is 27.3. The predicted octanol–water partition coefficient (Wildman–Crippen LogP) is 3.01. The minimum Gasteiger partial charge on any atom is -0.508 e. The first-order chi connectivity index (χ1) is 23.7. The van der Waals surface area contributed by atoms with E-state index in [1.54, 1.807) is 42.6 Å². The number of benzene rings is 4. The average molecular weight is 662 g/mol. The molecular weight excluding hydrogens is 622 g/mol. The van der Waals surface area contributed by atoms with E-state index in [4.69, 9.17) is 5.73 Å². The van der Waals surface area contributed by atoms with Crippen molar-refractivity contribution in [1.82, 2.24) is 20.9 Å². The second kappa shape index (κ2) is 16.2. The molecule has 1 aromatic heterocycles. The average Bonchev–Trinajstić information content (AvgIpc) is 3.51. The van der Waals surface area contributed by atoms with Crippen molar-refractivity contribution in [3.63, 3.8) is 0 Å². The van der Waals surface area contributed by atoms with Crippen LogP contribution in [0.15, 0.2) is 115 Å². The van der Waals surface area contributed by atoms with E-state index in [0.717, 1.165) is 27.6 Å². The SMILES string of the molecule is NC(Cc1ccccc1)C(=O)NC(Cc1ccc(O)cc1)C(=O)NC(Cc1c[nH]c2ccccc12)C(=O)NC(Cc1ccccc1)C(=O)O. The number of carboxylic acids is 1. The summed E-state index contributed by atoms with van der Waals surface area (Å²) < 4.78 is 0. The van der Waals surface area contributed by atoms with Crippen LogP contribution in [0.5, 0.6) is 5.75 Å². The van der Waals surface area contributed by atoms with Crippen LogP contribution in [0.1, 0.15) is 22.3 Å². The maximum absolute atomic E-state index is 14.0. The fourth-order valence-electron chi connectivity index (χ4n) is 5.64. The van der Waals surface area contributed by atoms with E-state index in [1.165, 1.54) is 12.1 Å². The van der Waals surface area contributed by atoms with Crippen LogP contribution in [0, 0.1) is 0 Å². The van der Waals surface area contributed by atoms with E-state index >= 15 is 0 Å². The van der Waals surface area contributed by atoms with Crippen LogP contribution in [-0.4, -0.2) is 63.1 Å². The van der Waals surface area contributed by atoms with Crippen LogP contribution in [0.4, 0.5) is 0 Å². The van der Waals surface area contributed by atoms with Crippen molar-refractivity contribution in [2.45, 2.75) is 49.9 Å². The van der Waals surface area contributed by atoms with Crippen molar-refractivity contribution >= 4 is 34.6 Å². The fourth-order valence-corrected chi connectivity index (χ4v) is 5.64. The van der Waals surface area contributed by atoms with Gasteiger partial charge in [0.25, 0.3) is 0 Å². The predicted molar refractivity (Wildman–Crippen MR) is 186 cm³/mol. The number of hydrogen-bond acceptors (Lipinski definition) is 6. The third-order valence-electron chi connectivity index (χ3n) is 8.27. The third kappa shape index (κ3) is 9.55.